The number of amides is 1. The molecule has 1 aromatic carbocycles. The largest absolute Gasteiger partial charge is 0.462 e. The van der Waals surface area contributed by atoms with Gasteiger partial charge >= 0.3 is 18.0 Å². The molecular weight excluding hydrogens is 510 g/mol. The highest BCUT2D eigenvalue weighted by Gasteiger charge is 2.44. The Morgan fingerprint density at radius 1 is 1.15 bits per heavy atom. The molecule has 8 nitrogen and oxygen atoms in total. The number of ether oxygens (including phenoxy) is 3. The quantitative estimate of drug-likeness (QED) is 0.293. The van der Waals surface area contributed by atoms with Crippen LogP contribution in [0.2, 0.25) is 0 Å². The van der Waals surface area contributed by atoms with Crippen LogP contribution in [0.4, 0.5) is 10.5 Å². The van der Waals surface area contributed by atoms with Crippen molar-refractivity contribution in [3.8, 4) is 0 Å². The summed E-state index contributed by atoms with van der Waals surface area (Å²) < 4.78 is 17.3. The monoisotopic (exact) mass is 553 g/mol. The van der Waals surface area contributed by atoms with Crippen LogP contribution in [0.25, 0.3) is 0 Å². The van der Waals surface area contributed by atoms with Crippen LogP contribution in [0.5, 0.6) is 0 Å². The molecule has 1 amide bonds. The van der Waals surface area contributed by atoms with Crippen molar-refractivity contribution in [1.29, 1.82) is 0 Å². The predicted octanol–water partition coefficient (Wildman–Crippen LogP) is 5.81. The maximum atomic E-state index is 13.2. The molecule has 0 unspecified atom stereocenters. The summed E-state index contributed by atoms with van der Waals surface area (Å²) in [6.07, 6.45) is 7.67. The van der Waals surface area contributed by atoms with Gasteiger partial charge in [0, 0.05) is 23.9 Å². The van der Waals surface area contributed by atoms with Gasteiger partial charge in [0.05, 0.1) is 24.5 Å². The van der Waals surface area contributed by atoms with E-state index in [9.17, 15) is 19.5 Å². The number of nitrogens with one attached hydrogen (secondary N) is 1. The zero-order valence-corrected chi connectivity index (χ0v) is 24.0. The molecule has 0 saturated carbocycles. The Morgan fingerprint density at radius 2 is 1.90 bits per heavy atom. The Bertz CT molecular complexity index is 1110. The minimum atomic E-state index is -0.662. The zero-order chi connectivity index (χ0) is 28.9. The molecule has 0 aromatic heterocycles. The summed E-state index contributed by atoms with van der Waals surface area (Å²) in [7, 11) is 0. The normalized spacial score (nSPS) is 30.0. The SMILES string of the molecule is CCC(C)(C)C(=O)O[C@H]1C[C@H](COC(=O)Nc2ccccc2)C=C2C=C[C@H](C)[C@H](CC[C@@H]3C[C@@H](O)CC(=O)O3)[C@H]21. The number of rotatable bonds is 9. The number of fused-ring (bicyclic) bond motifs is 1. The van der Waals surface area contributed by atoms with Crippen LogP contribution in [0.3, 0.4) is 0 Å². The minimum Gasteiger partial charge on any atom is -0.462 e. The molecule has 1 fully saturated rings. The summed E-state index contributed by atoms with van der Waals surface area (Å²) in [6.45, 7) is 8.10. The van der Waals surface area contributed by atoms with Gasteiger partial charge in [-0.25, -0.2) is 4.79 Å². The number of allylic oxidation sites excluding steroid dienone is 2. The van der Waals surface area contributed by atoms with Gasteiger partial charge in [0.2, 0.25) is 0 Å². The first-order chi connectivity index (χ1) is 19.1. The van der Waals surface area contributed by atoms with Crippen molar-refractivity contribution < 1.29 is 33.7 Å². The van der Waals surface area contributed by atoms with Gasteiger partial charge in [0.15, 0.2) is 0 Å². The lowest BCUT2D eigenvalue weighted by molar-refractivity contribution is -0.166. The van der Waals surface area contributed by atoms with E-state index >= 15 is 0 Å². The van der Waals surface area contributed by atoms with Crippen LogP contribution in [-0.2, 0) is 23.8 Å². The number of aliphatic hydroxyl groups excluding tert-OH is 1. The smallest absolute Gasteiger partial charge is 0.411 e. The topological polar surface area (TPSA) is 111 Å². The standard InChI is InChI=1S/C32H43NO7/c1-5-32(3,4)30(36)40-27-16-21(19-38-31(37)33-23-9-7-6-8-10-23)15-22-12-11-20(2)26(29(22)27)14-13-25-17-24(34)18-28(35)39-25/h6-12,15,20-21,24-27,29,34H,5,13-14,16-19H2,1-4H3,(H,33,37)/t20-,21+,24+,25+,26-,27-,29-/m0/s1. The highest BCUT2D eigenvalue weighted by Crippen LogP contribution is 2.46. The van der Waals surface area contributed by atoms with Gasteiger partial charge in [-0.2, -0.15) is 0 Å². The van der Waals surface area contributed by atoms with Gasteiger partial charge in [-0.3, -0.25) is 14.9 Å². The third-order valence-corrected chi connectivity index (χ3v) is 8.68. The van der Waals surface area contributed by atoms with Crippen LogP contribution >= 0.6 is 0 Å². The van der Waals surface area contributed by atoms with E-state index in [0.29, 0.717) is 31.4 Å². The molecule has 0 radical (unpaired) electrons. The minimum absolute atomic E-state index is 0.0183. The van der Waals surface area contributed by atoms with Crippen LogP contribution < -0.4 is 5.32 Å². The highest BCUT2D eigenvalue weighted by atomic mass is 16.6. The van der Waals surface area contributed by atoms with Crippen molar-refractivity contribution in [2.24, 2.45) is 29.1 Å². The zero-order valence-electron chi connectivity index (χ0n) is 24.0. The molecule has 40 heavy (non-hydrogen) atoms. The molecule has 7 atom stereocenters. The third-order valence-electron chi connectivity index (χ3n) is 8.68. The van der Waals surface area contributed by atoms with E-state index in [2.05, 4.69) is 30.5 Å². The second-order valence-electron chi connectivity index (χ2n) is 12.1. The van der Waals surface area contributed by atoms with Gasteiger partial charge in [0.25, 0.3) is 0 Å². The first-order valence-electron chi connectivity index (χ1n) is 14.5. The molecule has 218 valence electrons. The number of hydrogen-bond acceptors (Lipinski definition) is 7. The van der Waals surface area contributed by atoms with Crippen molar-refractivity contribution in [1.82, 2.24) is 0 Å². The van der Waals surface area contributed by atoms with E-state index in [-0.39, 0.29) is 60.8 Å². The molecule has 2 aliphatic carbocycles. The second kappa shape index (κ2) is 13.0. The maximum Gasteiger partial charge on any atom is 0.411 e. The molecular formula is C32H43NO7. The van der Waals surface area contributed by atoms with E-state index in [4.69, 9.17) is 14.2 Å². The number of cyclic esters (lactones) is 1. The van der Waals surface area contributed by atoms with Gasteiger partial charge in [-0.15, -0.1) is 0 Å². The molecule has 2 N–H and O–H groups in total. The number of hydrogen-bond donors (Lipinski definition) is 2. The number of benzene rings is 1. The first-order valence-corrected chi connectivity index (χ1v) is 14.5. The number of esters is 2. The maximum absolute atomic E-state index is 13.2. The Hall–Kier alpha value is -3.13. The van der Waals surface area contributed by atoms with E-state index < -0.39 is 17.6 Å². The summed E-state index contributed by atoms with van der Waals surface area (Å²) in [5, 5.41) is 12.8. The van der Waals surface area contributed by atoms with Crippen LogP contribution in [-0.4, -0.2) is 48.1 Å². The highest BCUT2D eigenvalue weighted by molar-refractivity contribution is 5.84. The Labute approximate surface area is 237 Å². The molecule has 1 saturated heterocycles. The van der Waals surface area contributed by atoms with E-state index in [1.54, 1.807) is 12.1 Å². The molecule has 3 aliphatic rings. The molecule has 1 heterocycles. The summed E-state index contributed by atoms with van der Waals surface area (Å²) in [5.74, 6) is -0.311. The molecule has 0 spiro atoms. The number of aliphatic hydroxyl groups is 1. The summed E-state index contributed by atoms with van der Waals surface area (Å²) in [6, 6.07) is 9.14. The Morgan fingerprint density at radius 3 is 2.60 bits per heavy atom. The van der Waals surface area contributed by atoms with Crippen molar-refractivity contribution in [3.63, 3.8) is 0 Å². The number of carbonyl (C=O) groups is 3. The van der Waals surface area contributed by atoms with Crippen molar-refractivity contribution in [2.45, 2.75) is 84.5 Å². The Balaban J connectivity index is 1.49. The van der Waals surface area contributed by atoms with Gasteiger partial charge in [0.1, 0.15) is 12.2 Å². The van der Waals surface area contributed by atoms with Gasteiger partial charge < -0.3 is 19.3 Å². The lowest BCUT2D eigenvalue weighted by Gasteiger charge is -2.44. The molecule has 4 rings (SSSR count). The van der Waals surface area contributed by atoms with E-state index in [1.807, 2.05) is 39.0 Å². The third kappa shape index (κ3) is 7.53. The lowest BCUT2D eigenvalue weighted by Crippen LogP contribution is -2.44. The molecule has 1 aromatic rings. The van der Waals surface area contributed by atoms with Gasteiger partial charge in [-0.05, 0) is 69.1 Å². The second-order valence-corrected chi connectivity index (χ2v) is 12.1. The summed E-state index contributed by atoms with van der Waals surface area (Å²) in [4.78, 5) is 37.5. The number of para-hydroxylation sites is 1. The van der Waals surface area contributed by atoms with Crippen LogP contribution in [0, 0.1) is 29.1 Å². The van der Waals surface area contributed by atoms with Crippen LogP contribution in [0.15, 0.2) is 54.1 Å². The van der Waals surface area contributed by atoms with E-state index in [1.165, 1.54) is 0 Å². The van der Waals surface area contributed by atoms with Crippen molar-refractivity contribution in [2.75, 3.05) is 11.9 Å². The number of anilines is 1. The first kappa shape index (κ1) is 29.8. The average molecular weight is 554 g/mol. The predicted molar refractivity (Wildman–Crippen MR) is 151 cm³/mol. The fraction of sp³-hybridized carbons (Fsp3) is 0.594. The summed E-state index contributed by atoms with van der Waals surface area (Å²) >= 11 is 0. The fourth-order valence-electron chi connectivity index (χ4n) is 5.93. The Kier molecular flexibility index (Phi) is 9.72. The average Bonchev–Trinajstić information content (AvgIpc) is 2.91. The summed E-state index contributed by atoms with van der Waals surface area (Å²) in [5.41, 5.74) is 1.13. The number of carbonyl (C=O) groups excluding carboxylic acids is 3. The van der Waals surface area contributed by atoms with E-state index in [0.717, 1.165) is 12.0 Å². The fourth-order valence-corrected chi connectivity index (χ4v) is 5.93. The molecule has 0 bridgehead atoms. The molecule has 8 heteroatoms. The lowest BCUT2D eigenvalue weighted by atomic mass is 9.65. The van der Waals surface area contributed by atoms with Crippen molar-refractivity contribution >= 4 is 23.7 Å². The van der Waals surface area contributed by atoms with Gasteiger partial charge in [-0.1, -0.05) is 50.3 Å². The molecule has 1 aliphatic heterocycles. The van der Waals surface area contributed by atoms with Crippen molar-refractivity contribution in [3.05, 3.63) is 54.1 Å². The van der Waals surface area contributed by atoms with Crippen LogP contribution in [0.1, 0.15) is 66.2 Å².